The number of hydrogen-bond donors (Lipinski definition) is 2. The maximum absolute atomic E-state index is 12.1. The van der Waals surface area contributed by atoms with E-state index in [0.29, 0.717) is 18.3 Å². The summed E-state index contributed by atoms with van der Waals surface area (Å²) >= 11 is 1.74. The van der Waals surface area contributed by atoms with Crippen LogP contribution in [0.15, 0.2) is 47.5 Å². The van der Waals surface area contributed by atoms with Gasteiger partial charge in [0.25, 0.3) is 5.91 Å². The van der Waals surface area contributed by atoms with Crippen LogP contribution in [0.3, 0.4) is 0 Å². The van der Waals surface area contributed by atoms with Gasteiger partial charge in [-0.25, -0.2) is 0 Å². The average Bonchev–Trinajstić information content (AvgIpc) is 3.10. The molecular weight excluding hydrogens is 344 g/mol. The molecule has 0 spiro atoms. The third kappa shape index (κ3) is 5.26. The highest BCUT2D eigenvalue weighted by molar-refractivity contribution is 7.99. The van der Waals surface area contributed by atoms with E-state index in [4.69, 9.17) is 0 Å². The van der Waals surface area contributed by atoms with Crippen LogP contribution in [0, 0.1) is 0 Å². The summed E-state index contributed by atoms with van der Waals surface area (Å²) in [5.41, 5.74) is 0.500. The van der Waals surface area contributed by atoms with E-state index in [9.17, 15) is 4.79 Å². The monoisotopic (exact) mass is 366 g/mol. The molecule has 3 rings (SSSR count). The Bertz CT molecular complexity index is 629. The standard InChI is InChI=1S/C17H22N4OS.ClH/c22-17(19-10-12-23-15-6-2-1-3-7-15)16-8-11-21(20-16)14-5-4-9-18-13-14;/h1-3,6-8,11,14,18H,4-5,9-10,12-13H2,(H,19,22);1H. The van der Waals surface area contributed by atoms with Gasteiger partial charge in [0, 0.05) is 29.9 Å². The van der Waals surface area contributed by atoms with Gasteiger partial charge in [-0.05, 0) is 37.6 Å². The van der Waals surface area contributed by atoms with Gasteiger partial charge in [0.15, 0.2) is 0 Å². The smallest absolute Gasteiger partial charge is 0.271 e. The number of carbonyl (C=O) groups excluding carboxylic acids is 1. The maximum atomic E-state index is 12.1. The molecule has 1 aliphatic heterocycles. The molecule has 5 nitrogen and oxygen atoms in total. The van der Waals surface area contributed by atoms with Gasteiger partial charge in [0.1, 0.15) is 5.69 Å². The molecule has 1 fully saturated rings. The minimum atomic E-state index is -0.0961. The van der Waals surface area contributed by atoms with Crippen LogP contribution in [0.1, 0.15) is 29.4 Å². The third-order valence-corrected chi connectivity index (χ3v) is 4.90. The van der Waals surface area contributed by atoms with Crippen molar-refractivity contribution >= 4 is 30.1 Å². The van der Waals surface area contributed by atoms with Crippen LogP contribution in [0.25, 0.3) is 0 Å². The maximum Gasteiger partial charge on any atom is 0.271 e. The van der Waals surface area contributed by atoms with Crippen molar-refractivity contribution in [2.24, 2.45) is 0 Å². The number of piperidine rings is 1. The number of thioether (sulfide) groups is 1. The van der Waals surface area contributed by atoms with Crippen molar-refractivity contribution in [3.05, 3.63) is 48.3 Å². The molecule has 1 unspecified atom stereocenters. The molecule has 1 aromatic carbocycles. The van der Waals surface area contributed by atoms with Crippen molar-refractivity contribution in [2.75, 3.05) is 25.4 Å². The number of aromatic nitrogens is 2. The number of nitrogens with one attached hydrogen (secondary N) is 2. The SMILES string of the molecule is Cl.O=C(NCCSc1ccccc1)c1ccn(C2CCCNC2)n1. The van der Waals surface area contributed by atoms with Crippen LogP contribution in [0.5, 0.6) is 0 Å². The van der Waals surface area contributed by atoms with E-state index in [2.05, 4.69) is 27.9 Å². The molecule has 1 atom stereocenters. The summed E-state index contributed by atoms with van der Waals surface area (Å²) in [4.78, 5) is 13.4. The van der Waals surface area contributed by atoms with E-state index < -0.39 is 0 Å². The Balaban J connectivity index is 0.00000208. The zero-order chi connectivity index (χ0) is 15.9. The normalized spacial score (nSPS) is 17.1. The van der Waals surface area contributed by atoms with Crippen molar-refractivity contribution < 1.29 is 4.79 Å². The predicted molar refractivity (Wildman–Crippen MR) is 100 cm³/mol. The molecule has 130 valence electrons. The number of benzene rings is 1. The average molecular weight is 367 g/mol. The molecule has 0 radical (unpaired) electrons. The first-order chi connectivity index (χ1) is 11.3. The van der Waals surface area contributed by atoms with E-state index in [1.54, 1.807) is 17.8 Å². The second-order valence-electron chi connectivity index (χ2n) is 5.60. The number of nitrogens with zero attached hydrogens (tertiary/aromatic N) is 2. The molecule has 24 heavy (non-hydrogen) atoms. The lowest BCUT2D eigenvalue weighted by atomic mass is 10.1. The fraction of sp³-hybridized carbons (Fsp3) is 0.412. The van der Waals surface area contributed by atoms with Crippen molar-refractivity contribution in [2.45, 2.75) is 23.8 Å². The van der Waals surface area contributed by atoms with Crippen molar-refractivity contribution in [1.29, 1.82) is 0 Å². The molecular formula is C17H23ClN4OS. The zero-order valence-electron chi connectivity index (χ0n) is 13.5. The van der Waals surface area contributed by atoms with E-state index >= 15 is 0 Å². The second kappa shape index (κ2) is 9.71. The van der Waals surface area contributed by atoms with Gasteiger partial charge in [0.2, 0.25) is 0 Å². The fourth-order valence-corrected chi connectivity index (χ4v) is 3.45. The summed E-state index contributed by atoms with van der Waals surface area (Å²) in [5, 5.41) is 10.7. The Morgan fingerprint density at radius 1 is 1.33 bits per heavy atom. The first-order valence-corrected chi connectivity index (χ1v) is 9.03. The van der Waals surface area contributed by atoms with Gasteiger partial charge in [-0.3, -0.25) is 9.48 Å². The van der Waals surface area contributed by atoms with E-state index in [1.165, 1.54) is 4.90 Å². The van der Waals surface area contributed by atoms with Crippen LogP contribution in [0.4, 0.5) is 0 Å². The van der Waals surface area contributed by atoms with Crippen molar-refractivity contribution in [3.63, 3.8) is 0 Å². The van der Waals surface area contributed by atoms with Crippen LogP contribution >= 0.6 is 24.2 Å². The number of carbonyl (C=O) groups is 1. The number of halogens is 1. The van der Waals surface area contributed by atoms with Crippen LogP contribution in [-0.2, 0) is 0 Å². The molecule has 7 heteroatoms. The second-order valence-corrected chi connectivity index (χ2v) is 6.77. The summed E-state index contributed by atoms with van der Waals surface area (Å²) < 4.78 is 1.92. The van der Waals surface area contributed by atoms with Gasteiger partial charge < -0.3 is 10.6 Å². The Kier molecular flexibility index (Phi) is 7.62. The molecule has 0 aliphatic carbocycles. The Morgan fingerprint density at radius 3 is 2.92 bits per heavy atom. The number of hydrogen-bond acceptors (Lipinski definition) is 4. The summed E-state index contributed by atoms with van der Waals surface area (Å²) in [6, 6.07) is 12.4. The largest absolute Gasteiger partial charge is 0.350 e. The number of amides is 1. The lowest BCUT2D eigenvalue weighted by Gasteiger charge is -2.22. The highest BCUT2D eigenvalue weighted by atomic mass is 35.5. The Hall–Kier alpha value is -1.50. The quantitative estimate of drug-likeness (QED) is 0.609. The first-order valence-electron chi connectivity index (χ1n) is 8.05. The van der Waals surface area contributed by atoms with Gasteiger partial charge >= 0.3 is 0 Å². The van der Waals surface area contributed by atoms with E-state index in [1.807, 2.05) is 29.1 Å². The zero-order valence-corrected chi connectivity index (χ0v) is 15.1. The minimum absolute atomic E-state index is 0. The highest BCUT2D eigenvalue weighted by Gasteiger charge is 2.17. The van der Waals surface area contributed by atoms with Gasteiger partial charge in [-0.1, -0.05) is 18.2 Å². The Morgan fingerprint density at radius 2 is 2.17 bits per heavy atom. The number of rotatable bonds is 6. The molecule has 1 aliphatic rings. The van der Waals surface area contributed by atoms with Gasteiger partial charge in [-0.15, -0.1) is 24.2 Å². The van der Waals surface area contributed by atoms with Gasteiger partial charge in [0.05, 0.1) is 6.04 Å². The predicted octanol–water partition coefficient (Wildman–Crippen LogP) is 2.75. The molecule has 1 saturated heterocycles. The van der Waals surface area contributed by atoms with E-state index in [0.717, 1.165) is 31.7 Å². The summed E-state index contributed by atoms with van der Waals surface area (Å²) in [5.74, 6) is 0.754. The molecule has 2 N–H and O–H groups in total. The van der Waals surface area contributed by atoms with E-state index in [-0.39, 0.29) is 18.3 Å². The molecule has 0 saturated carbocycles. The first kappa shape index (κ1) is 18.8. The molecule has 2 heterocycles. The molecule has 1 amide bonds. The Labute approximate surface area is 153 Å². The fourth-order valence-electron chi connectivity index (χ4n) is 2.66. The summed E-state index contributed by atoms with van der Waals surface area (Å²) in [6.45, 7) is 2.64. The van der Waals surface area contributed by atoms with Crippen LogP contribution in [0.2, 0.25) is 0 Å². The van der Waals surface area contributed by atoms with Crippen LogP contribution < -0.4 is 10.6 Å². The topological polar surface area (TPSA) is 59.0 Å². The summed E-state index contributed by atoms with van der Waals surface area (Å²) in [6.07, 6.45) is 4.18. The van der Waals surface area contributed by atoms with Crippen molar-refractivity contribution in [3.8, 4) is 0 Å². The lowest BCUT2D eigenvalue weighted by Crippen LogP contribution is -2.32. The minimum Gasteiger partial charge on any atom is -0.350 e. The molecule has 1 aromatic heterocycles. The van der Waals surface area contributed by atoms with Crippen molar-refractivity contribution in [1.82, 2.24) is 20.4 Å². The molecule has 0 bridgehead atoms. The third-order valence-electron chi connectivity index (χ3n) is 3.89. The molecule has 2 aromatic rings. The highest BCUT2D eigenvalue weighted by Crippen LogP contribution is 2.17. The van der Waals surface area contributed by atoms with Crippen LogP contribution in [-0.4, -0.2) is 41.1 Å². The lowest BCUT2D eigenvalue weighted by molar-refractivity contribution is 0.0950. The van der Waals surface area contributed by atoms with Gasteiger partial charge in [-0.2, -0.15) is 5.10 Å². The summed E-state index contributed by atoms with van der Waals surface area (Å²) in [7, 11) is 0.